The fourth-order valence-electron chi connectivity index (χ4n) is 3.85. The van der Waals surface area contributed by atoms with Gasteiger partial charge in [-0.2, -0.15) is 0 Å². The Morgan fingerprint density at radius 1 is 1.17 bits per heavy atom. The molecular weight excluding hydrogens is 440 g/mol. The van der Waals surface area contributed by atoms with Crippen molar-refractivity contribution in [2.24, 2.45) is 0 Å². The second kappa shape index (κ2) is 11.2. The van der Waals surface area contributed by atoms with Gasteiger partial charge in [0.05, 0.1) is 19.9 Å². The summed E-state index contributed by atoms with van der Waals surface area (Å²) in [6.45, 7) is 7.23. The van der Waals surface area contributed by atoms with Crippen LogP contribution < -0.4 is 15.4 Å². The van der Waals surface area contributed by atoms with Crippen molar-refractivity contribution in [3.8, 4) is 5.75 Å². The van der Waals surface area contributed by atoms with Gasteiger partial charge in [-0.15, -0.1) is 0 Å². The molecule has 0 atom stereocenters. The lowest BCUT2D eigenvalue weighted by atomic mass is 10.0. The van der Waals surface area contributed by atoms with Crippen molar-refractivity contribution in [3.05, 3.63) is 113 Å². The van der Waals surface area contributed by atoms with Crippen LogP contribution in [0.5, 0.6) is 5.75 Å². The maximum atomic E-state index is 12.7. The number of methoxy groups -OCH3 is 1. The van der Waals surface area contributed by atoms with Crippen molar-refractivity contribution in [1.29, 1.82) is 0 Å². The van der Waals surface area contributed by atoms with Crippen LogP contribution in [0.25, 0.3) is 5.57 Å². The number of allylic oxidation sites excluding steroid dienone is 4. The number of carbonyl (C=O) groups is 1. The van der Waals surface area contributed by atoms with Crippen LogP contribution in [-0.4, -0.2) is 29.6 Å². The van der Waals surface area contributed by atoms with Gasteiger partial charge in [0.2, 0.25) is 0 Å². The van der Waals surface area contributed by atoms with Gasteiger partial charge in [0.1, 0.15) is 17.3 Å². The molecular formula is C28H28N4O3. The first-order chi connectivity index (χ1) is 17.1. The molecule has 1 fully saturated rings. The van der Waals surface area contributed by atoms with Gasteiger partial charge in [0.15, 0.2) is 0 Å². The number of amides is 1. The van der Waals surface area contributed by atoms with E-state index in [1.807, 2.05) is 43.3 Å². The summed E-state index contributed by atoms with van der Waals surface area (Å²) >= 11 is 0. The van der Waals surface area contributed by atoms with Gasteiger partial charge < -0.3 is 20.1 Å². The number of nitrogens with one attached hydrogen (secondary N) is 2. The molecule has 1 saturated heterocycles. The van der Waals surface area contributed by atoms with E-state index in [0.29, 0.717) is 30.3 Å². The van der Waals surface area contributed by atoms with Gasteiger partial charge in [0, 0.05) is 47.8 Å². The van der Waals surface area contributed by atoms with Gasteiger partial charge in [-0.3, -0.25) is 9.78 Å². The van der Waals surface area contributed by atoms with Crippen LogP contribution >= 0.6 is 0 Å². The zero-order chi connectivity index (χ0) is 24.6. The quantitative estimate of drug-likeness (QED) is 0.477. The maximum Gasteiger partial charge on any atom is 0.256 e. The number of carbonyl (C=O) groups excluding carboxylic acids is 1. The van der Waals surface area contributed by atoms with E-state index in [2.05, 4.69) is 27.2 Å². The van der Waals surface area contributed by atoms with Gasteiger partial charge in [-0.25, -0.2) is 4.98 Å². The van der Waals surface area contributed by atoms with Crippen molar-refractivity contribution < 1.29 is 14.3 Å². The summed E-state index contributed by atoms with van der Waals surface area (Å²) in [4.78, 5) is 21.0. The second-order valence-electron chi connectivity index (χ2n) is 7.98. The lowest BCUT2D eigenvalue weighted by Crippen LogP contribution is -2.15. The van der Waals surface area contributed by atoms with Crippen LogP contribution in [0, 0.1) is 0 Å². The van der Waals surface area contributed by atoms with E-state index in [9.17, 15) is 4.79 Å². The Labute approximate surface area is 205 Å². The normalized spacial score (nSPS) is 15.6. The SMILES string of the molecule is C=C/C(=C1/OCC/C1=C(/C)NCc1cccc(C(=O)Nc2ccc(OC)cn2)c1)c1ccncc1. The third-order valence-electron chi connectivity index (χ3n) is 5.73. The molecule has 0 radical (unpaired) electrons. The predicted octanol–water partition coefficient (Wildman–Crippen LogP) is 5.12. The first-order valence-corrected chi connectivity index (χ1v) is 11.3. The molecule has 4 rings (SSSR count). The molecule has 1 aromatic carbocycles. The zero-order valence-electron chi connectivity index (χ0n) is 19.9. The van der Waals surface area contributed by atoms with E-state index >= 15 is 0 Å². The van der Waals surface area contributed by atoms with Crippen molar-refractivity contribution in [1.82, 2.24) is 15.3 Å². The number of rotatable bonds is 8. The minimum Gasteiger partial charge on any atom is -0.495 e. The van der Waals surface area contributed by atoms with E-state index in [0.717, 1.165) is 40.2 Å². The number of ether oxygens (including phenoxy) is 2. The third kappa shape index (κ3) is 5.76. The van der Waals surface area contributed by atoms with Crippen LogP contribution in [0.15, 0.2) is 96.8 Å². The average molecular weight is 469 g/mol. The highest BCUT2D eigenvalue weighted by Crippen LogP contribution is 2.33. The van der Waals surface area contributed by atoms with Crippen molar-refractivity contribution in [2.45, 2.75) is 19.9 Å². The van der Waals surface area contributed by atoms with Gasteiger partial charge in [0.25, 0.3) is 5.91 Å². The summed E-state index contributed by atoms with van der Waals surface area (Å²) in [5.41, 5.74) is 5.67. The second-order valence-corrected chi connectivity index (χ2v) is 7.98. The Bertz CT molecular complexity index is 1260. The summed E-state index contributed by atoms with van der Waals surface area (Å²) in [6.07, 6.45) is 7.72. The molecule has 0 bridgehead atoms. The van der Waals surface area contributed by atoms with Crippen LogP contribution in [-0.2, 0) is 11.3 Å². The summed E-state index contributed by atoms with van der Waals surface area (Å²) in [5, 5.41) is 6.31. The van der Waals surface area contributed by atoms with E-state index in [1.165, 1.54) is 0 Å². The molecule has 7 heteroatoms. The molecule has 35 heavy (non-hydrogen) atoms. The molecule has 0 unspecified atom stereocenters. The maximum absolute atomic E-state index is 12.7. The largest absolute Gasteiger partial charge is 0.495 e. The Morgan fingerprint density at radius 3 is 2.71 bits per heavy atom. The lowest BCUT2D eigenvalue weighted by molar-refractivity contribution is 0.102. The minimum absolute atomic E-state index is 0.220. The smallest absolute Gasteiger partial charge is 0.256 e. The molecule has 2 N–H and O–H groups in total. The van der Waals surface area contributed by atoms with Crippen LogP contribution in [0.1, 0.15) is 34.8 Å². The molecule has 178 valence electrons. The van der Waals surface area contributed by atoms with E-state index in [1.54, 1.807) is 43.9 Å². The highest BCUT2D eigenvalue weighted by molar-refractivity contribution is 6.03. The number of anilines is 1. The first-order valence-electron chi connectivity index (χ1n) is 11.3. The van der Waals surface area contributed by atoms with Crippen LogP contribution in [0.2, 0.25) is 0 Å². The zero-order valence-corrected chi connectivity index (χ0v) is 19.9. The molecule has 1 aliphatic heterocycles. The van der Waals surface area contributed by atoms with E-state index < -0.39 is 0 Å². The third-order valence-corrected chi connectivity index (χ3v) is 5.73. The Kier molecular flexibility index (Phi) is 7.57. The molecule has 0 spiro atoms. The number of nitrogens with zero attached hydrogens (tertiary/aromatic N) is 2. The Morgan fingerprint density at radius 2 is 2.00 bits per heavy atom. The fourth-order valence-corrected chi connectivity index (χ4v) is 3.85. The topological polar surface area (TPSA) is 85.4 Å². The van der Waals surface area contributed by atoms with Crippen LogP contribution in [0.3, 0.4) is 0 Å². The summed E-state index contributed by atoms with van der Waals surface area (Å²) < 4.78 is 11.1. The molecule has 0 saturated carbocycles. The fraction of sp³-hybridized carbons (Fsp3) is 0.179. The minimum atomic E-state index is -0.220. The number of aromatic nitrogens is 2. The molecule has 1 amide bonds. The molecule has 7 nitrogen and oxygen atoms in total. The molecule has 3 aromatic rings. The van der Waals surface area contributed by atoms with E-state index in [4.69, 9.17) is 9.47 Å². The number of pyridine rings is 2. The van der Waals surface area contributed by atoms with Crippen LogP contribution in [0.4, 0.5) is 5.82 Å². The molecule has 1 aliphatic rings. The van der Waals surface area contributed by atoms with Gasteiger partial charge >= 0.3 is 0 Å². The van der Waals surface area contributed by atoms with Crippen molar-refractivity contribution in [3.63, 3.8) is 0 Å². The summed E-state index contributed by atoms with van der Waals surface area (Å²) in [6, 6.07) is 14.9. The van der Waals surface area contributed by atoms with Gasteiger partial charge in [-0.1, -0.05) is 24.8 Å². The monoisotopic (exact) mass is 468 g/mol. The van der Waals surface area contributed by atoms with Crippen molar-refractivity contribution >= 4 is 17.3 Å². The number of benzene rings is 1. The predicted molar refractivity (Wildman–Crippen MR) is 137 cm³/mol. The average Bonchev–Trinajstić information content (AvgIpc) is 3.38. The number of hydrogen-bond donors (Lipinski definition) is 2. The standard InChI is InChI=1S/C28H28N4O3/c1-4-24(21-10-13-29-14-11-21)27-25(12-15-35-27)19(2)30-17-20-6-5-7-22(16-20)28(33)32-26-9-8-23(34-3)18-31-26/h4-11,13-14,16,18,30H,1,12,15,17H2,2-3H3,(H,31,32,33)/b25-19+,27-24-. The lowest BCUT2D eigenvalue weighted by Gasteiger charge is -2.14. The van der Waals surface area contributed by atoms with E-state index in [-0.39, 0.29) is 5.91 Å². The summed E-state index contributed by atoms with van der Waals surface area (Å²) in [5.74, 6) is 1.72. The highest BCUT2D eigenvalue weighted by Gasteiger charge is 2.22. The Hall–Kier alpha value is -4.39. The summed E-state index contributed by atoms with van der Waals surface area (Å²) in [7, 11) is 1.57. The molecule has 0 aliphatic carbocycles. The highest BCUT2D eigenvalue weighted by atomic mass is 16.5. The Balaban J connectivity index is 1.47. The van der Waals surface area contributed by atoms with Crippen molar-refractivity contribution in [2.75, 3.05) is 19.0 Å². The first kappa shape index (κ1) is 23.8. The van der Waals surface area contributed by atoms with Gasteiger partial charge in [-0.05, 0) is 54.4 Å². The molecule has 3 heterocycles. The molecule has 2 aromatic heterocycles. The number of hydrogen-bond acceptors (Lipinski definition) is 6.